The van der Waals surface area contributed by atoms with Crippen molar-refractivity contribution < 1.29 is 21.6 Å². The minimum absolute atomic E-state index is 0.158. The molecule has 5 aromatic rings. The molecule has 6 rings (SSSR count). The molecule has 13 heteroatoms. The fourth-order valence-corrected chi connectivity index (χ4v) is 6.18. The van der Waals surface area contributed by atoms with E-state index < -0.39 is 49.2 Å². The van der Waals surface area contributed by atoms with Gasteiger partial charge < -0.3 is 10.3 Å². The molecule has 0 aliphatic heterocycles. The lowest BCUT2D eigenvalue weighted by Crippen LogP contribution is -2.22. The molecule has 188 valence electrons. The van der Waals surface area contributed by atoms with Crippen molar-refractivity contribution in [3.05, 3.63) is 75.9 Å². The molecule has 2 aromatic carbocycles. The minimum atomic E-state index is -4.62. The molecule has 0 saturated heterocycles. The molecule has 1 aliphatic carbocycles. The lowest BCUT2D eigenvalue weighted by atomic mass is 10.0. The van der Waals surface area contributed by atoms with Crippen LogP contribution in [-0.2, 0) is 10.0 Å². The molecule has 0 spiro atoms. The van der Waals surface area contributed by atoms with E-state index in [1.54, 1.807) is 0 Å². The van der Waals surface area contributed by atoms with Crippen LogP contribution in [0.5, 0.6) is 0 Å². The molecule has 0 atom stereocenters. The fourth-order valence-electron chi connectivity index (χ4n) is 4.26. The summed E-state index contributed by atoms with van der Waals surface area (Å²) in [6, 6.07) is 6.41. The Morgan fingerprint density at radius 3 is 2.59 bits per heavy atom. The van der Waals surface area contributed by atoms with Gasteiger partial charge in [-0.3, -0.25) is 9.52 Å². The van der Waals surface area contributed by atoms with E-state index in [-0.39, 0.29) is 22.9 Å². The van der Waals surface area contributed by atoms with Crippen LogP contribution in [0.3, 0.4) is 0 Å². The lowest BCUT2D eigenvalue weighted by Gasteiger charge is -2.15. The smallest absolute Gasteiger partial charge is 0.264 e. The SMILES string of the molecule is Nc1cc2c(cn1)cc(-c1c(F)ccc(NS(=O)(=O)c3cc4scnc4cc3F)c1F)c(=O)n2C1CC1. The van der Waals surface area contributed by atoms with Crippen LogP contribution in [-0.4, -0.2) is 23.0 Å². The Morgan fingerprint density at radius 2 is 1.84 bits per heavy atom. The van der Waals surface area contributed by atoms with Crippen molar-refractivity contribution in [2.75, 3.05) is 10.5 Å². The molecule has 37 heavy (non-hydrogen) atoms. The zero-order valence-electron chi connectivity index (χ0n) is 18.7. The third-order valence-corrected chi connectivity index (χ3v) is 8.31. The number of nitrogens with two attached hydrogens (primary N) is 1. The number of halogens is 3. The summed E-state index contributed by atoms with van der Waals surface area (Å²) >= 11 is 1.11. The van der Waals surface area contributed by atoms with E-state index >= 15 is 8.78 Å². The molecule has 0 unspecified atom stereocenters. The van der Waals surface area contributed by atoms with Crippen LogP contribution in [0.2, 0.25) is 0 Å². The second-order valence-corrected chi connectivity index (χ2v) is 11.2. The van der Waals surface area contributed by atoms with Gasteiger partial charge in [0.2, 0.25) is 0 Å². The van der Waals surface area contributed by atoms with Crippen molar-refractivity contribution in [1.82, 2.24) is 14.5 Å². The first-order chi connectivity index (χ1) is 17.6. The van der Waals surface area contributed by atoms with Gasteiger partial charge in [-0.25, -0.2) is 31.6 Å². The third kappa shape index (κ3) is 3.90. The number of pyridine rings is 2. The minimum Gasteiger partial charge on any atom is -0.384 e. The number of nitrogen functional groups attached to an aromatic ring is 1. The van der Waals surface area contributed by atoms with Gasteiger partial charge in [0.25, 0.3) is 15.6 Å². The second kappa shape index (κ2) is 8.28. The second-order valence-electron chi connectivity index (χ2n) is 8.62. The van der Waals surface area contributed by atoms with Gasteiger partial charge in [-0.15, -0.1) is 11.3 Å². The lowest BCUT2D eigenvalue weighted by molar-refractivity contribution is 0.569. The first kappa shape index (κ1) is 23.4. The molecule has 8 nitrogen and oxygen atoms in total. The average molecular weight is 544 g/mol. The monoisotopic (exact) mass is 543 g/mol. The van der Waals surface area contributed by atoms with Crippen molar-refractivity contribution in [2.24, 2.45) is 0 Å². The van der Waals surface area contributed by atoms with Gasteiger partial charge >= 0.3 is 0 Å². The predicted molar refractivity (Wildman–Crippen MR) is 134 cm³/mol. The zero-order valence-corrected chi connectivity index (χ0v) is 20.3. The number of thiazole rings is 1. The summed E-state index contributed by atoms with van der Waals surface area (Å²) in [5.74, 6) is -3.28. The largest absolute Gasteiger partial charge is 0.384 e. The molecular weight excluding hydrogens is 527 g/mol. The number of sulfonamides is 1. The number of benzene rings is 2. The summed E-state index contributed by atoms with van der Waals surface area (Å²) in [6.45, 7) is 0. The highest BCUT2D eigenvalue weighted by molar-refractivity contribution is 7.92. The van der Waals surface area contributed by atoms with Crippen LogP contribution in [0.4, 0.5) is 24.7 Å². The van der Waals surface area contributed by atoms with Gasteiger partial charge in [-0.1, -0.05) is 0 Å². The van der Waals surface area contributed by atoms with E-state index in [0.717, 1.165) is 35.6 Å². The number of fused-ring (bicyclic) bond motifs is 2. The van der Waals surface area contributed by atoms with Crippen LogP contribution >= 0.6 is 11.3 Å². The van der Waals surface area contributed by atoms with Gasteiger partial charge in [-0.2, -0.15) is 0 Å². The summed E-state index contributed by atoms with van der Waals surface area (Å²) in [5.41, 5.74) is 5.65. The van der Waals surface area contributed by atoms with Crippen LogP contribution < -0.4 is 16.0 Å². The summed E-state index contributed by atoms with van der Waals surface area (Å²) in [7, 11) is -4.62. The molecule has 3 aromatic heterocycles. The summed E-state index contributed by atoms with van der Waals surface area (Å²) in [6.07, 6.45) is 2.82. The molecule has 1 fully saturated rings. The van der Waals surface area contributed by atoms with E-state index in [2.05, 4.69) is 9.97 Å². The van der Waals surface area contributed by atoms with Crippen LogP contribution in [0.25, 0.3) is 32.2 Å². The van der Waals surface area contributed by atoms with E-state index in [4.69, 9.17) is 5.73 Å². The van der Waals surface area contributed by atoms with Crippen molar-refractivity contribution in [3.63, 3.8) is 0 Å². The molecular formula is C24H16F3N5O3S2. The summed E-state index contributed by atoms with van der Waals surface area (Å²) < 4.78 is 75.1. The maximum absolute atomic E-state index is 15.7. The summed E-state index contributed by atoms with van der Waals surface area (Å²) in [4.78, 5) is 20.6. The van der Waals surface area contributed by atoms with E-state index in [9.17, 15) is 17.6 Å². The Balaban J connectivity index is 1.50. The number of nitrogens with zero attached hydrogens (tertiary/aromatic N) is 3. The molecule has 1 aliphatic rings. The molecule has 3 N–H and O–H groups in total. The Kier molecular flexibility index (Phi) is 5.24. The van der Waals surface area contributed by atoms with Crippen molar-refractivity contribution in [3.8, 4) is 11.1 Å². The maximum atomic E-state index is 15.7. The predicted octanol–water partition coefficient (Wildman–Crippen LogP) is 4.81. The highest BCUT2D eigenvalue weighted by Gasteiger charge is 2.30. The number of hydrogen-bond donors (Lipinski definition) is 2. The molecule has 0 radical (unpaired) electrons. The molecule has 0 amide bonds. The number of rotatable bonds is 5. The van der Waals surface area contributed by atoms with E-state index in [0.29, 0.717) is 28.4 Å². The Bertz CT molecular complexity index is 1920. The van der Waals surface area contributed by atoms with Crippen molar-refractivity contribution in [2.45, 2.75) is 23.8 Å². The quantitative estimate of drug-likeness (QED) is 0.328. The normalized spacial score (nSPS) is 13.9. The number of anilines is 2. The molecule has 1 saturated carbocycles. The first-order valence-corrected chi connectivity index (χ1v) is 13.3. The Morgan fingerprint density at radius 1 is 1.05 bits per heavy atom. The highest BCUT2D eigenvalue weighted by Crippen LogP contribution is 2.38. The third-order valence-electron chi connectivity index (χ3n) is 6.13. The van der Waals surface area contributed by atoms with Crippen molar-refractivity contribution >= 4 is 54.0 Å². The maximum Gasteiger partial charge on any atom is 0.264 e. The first-order valence-electron chi connectivity index (χ1n) is 11.0. The zero-order chi connectivity index (χ0) is 26.1. The number of aromatic nitrogens is 3. The fraction of sp³-hybridized carbons (Fsp3) is 0.125. The van der Waals surface area contributed by atoms with Gasteiger partial charge in [0.1, 0.15) is 22.3 Å². The summed E-state index contributed by atoms with van der Waals surface area (Å²) in [5, 5.41) is 0.431. The van der Waals surface area contributed by atoms with Crippen LogP contribution in [0.15, 0.2) is 57.8 Å². The molecule has 0 bridgehead atoms. The van der Waals surface area contributed by atoms with Gasteiger partial charge in [0.15, 0.2) is 5.82 Å². The molecule has 3 heterocycles. The van der Waals surface area contributed by atoms with Gasteiger partial charge in [0, 0.05) is 29.8 Å². The van der Waals surface area contributed by atoms with Crippen LogP contribution in [0, 0.1) is 17.5 Å². The van der Waals surface area contributed by atoms with Crippen LogP contribution in [0.1, 0.15) is 18.9 Å². The topological polar surface area (TPSA) is 120 Å². The van der Waals surface area contributed by atoms with E-state index in [1.165, 1.54) is 28.4 Å². The highest BCUT2D eigenvalue weighted by atomic mass is 32.2. The average Bonchev–Trinajstić information content (AvgIpc) is 3.57. The van der Waals surface area contributed by atoms with Gasteiger partial charge in [-0.05, 0) is 37.1 Å². The Hall–Kier alpha value is -3.97. The standard InChI is InChI=1S/C24H16F3N5O3S2/c25-14-3-4-16(31-37(34,35)20-8-19-17(6-15(20)26)30-10-36-19)23(27)22(14)13-5-11-9-29-21(28)7-18(11)32(24(13)33)12-1-2-12/h3-10,12,31H,1-2H2,(H2,28,29). The Labute approximate surface area is 211 Å². The number of hydrogen-bond acceptors (Lipinski definition) is 7. The van der Waals surface area contributed by atoms with E-state index in [1.807, 2.05) is 4.72 Å². The number of nitrogens with one attached hydrogen (secondary N) is 1. The van der Waals surface area contributed by atoms with Gasteiger partial charge in [0.05, 0.1) is 38.1 Å². The van der Waals surface area contributed by atoms with Crippen molar-refractivity contribution in [1.29, 1.82) is 0 Å².